The molecule has 4 nitrogen and oxygen atoms in total. The minimum atomic E-state index is -0.972. The first-order chi connectivity index (χ1) is 7.24. The lowest BCUT2D eigenvalue weighted by Crippen LogP contribution is -2.35. The minimum absolute atomic E-state index is 0.0694. The molecule has 1 amide bonds. The van der Waals surface area contributed by atoms with Crippen molar-refractivity contribution in [2.45, 2.75) is 33.6 Å². The highest BCUT2D eigenvalue weighted by Gasteiger charge is 2.36. The molecular weight excluding hydrogens is 206 g/mol. The molecule has 1 aliphatic carbocycles. The summed E-state index contributed by atoms with van der Waals surface area (Å²) in [5.41, 5.74) is -0.972. The molecule has 0 saturated heterocycles. The number of rotatable bonds is 5. The molecule has 0 aliphatic heterocycles. The normalized spacial score (nSPS) is 24.0. The lowest BCUT2D eigenvalue weighted by molar-refractivity contribution is -0.151. The molecule has 0 heterocycles. The van der Waals surface area contributed by atoms with Gasteiger partial charge < -0.3 is 10.0 Å². The molecule has 2 atom stereocenters. The van der Waals surface area contributed by atoms with Crippen LogP contribution in [0.4, 0.5) is 0 Å². The van der Waals surface area contributed by atoms with Gasteiger partial charge in [-0.3, -0.25) is 9.59 Å². The van der Waals surface area contributed by atoms with Crippen LogP contribution in [0.1, 0.15) is 33.6 Å². The summed E-state index contributed by atoms with van der Waals surface area (Å²) in [5.74, 6) is 0.324. The molecule has 1 fully saturated rings. The summed E-state index contributed by atoms with van der Waals surface area (Å²) in [6.45, 7) is 6.10. The fourth-order valence-electron chi connectivity index (χ4n) is 1.70. The quantitative estimate of drug-likeness (QED) is 0.776. The Kier molecular flexibility index (Phi) is 3.61. The van der Waals surface area contributed by atoms with Crippen LogP contribution in [-0.2, 0) is 9.59 Å². The highest BCUT2D eigenvalue weighted by atomic mass is 16.4. The summed E-state index contributed by atoms with van der Waals surface area (Å²) in [6.07, 6.45) is 1.25. The van der Waals surface area contributed by atoms with E-state index in [1.807, 2.05) is 0 Å². The topological polar surface area (TPSA) is 57.6 Å². The second kappa shape index (κ2) is 4.44. The van der Waals surface area contributed by atoms with Gasteiger partial charge in [0, 0.05) is 20.0 Å². The molecule has 1 aliphatic rings. The van der Waals surface area contributed by atoms with Crippen LogP contribution in [0.3, 0.4) is 0 Å². The molecule has 0 bridgehead atoms. The first-order valence-corrected chi connectivity index (χ1v) is 5.71. The third kappa shape index (κ3) is 3.22. The average molecular weight is 227 g/mol. The van der Waals surface area contributed by atoms with E-state index in [0.29, 0.717) is 11.8 Å². The fraction of sp³-hybridized carbons (Fsp3) is 0.833. The molecule has 0 aromatic rings. The second-order valence-corrected chi connectivity index (χ2v) is 5.61. The van der Waals surface area contributed by atoms with Gasteiger partial charge in [-0.2, -0.15) is 0 Å². The predicted molar refractivity (Wildman–Crippen MR) is 60.9 cm³/mol. The van der Waals surface area contributed by atoms with E-state index in [1.54, 1.807) is 25.8 Å². The van der Waals surface area contributed by atoms with E-state index in [-0.39, 0.29) is 12.3 Å². The highest BCUT2D eigenvalue weighted by Crippen LogP contribution is 2.38. The molecule has 16 heavy (non-hydrogen) atoms. The van der Waals surface area contributed by atoms with E-state index in [1.165, 1.54) is 6.42 Å². The van der Waals surface area contributed by atoms with Gasteiger partial charge in [0.05, 0.1) is 5.41 Å². The first-order valence-electron chi connectivity index (χ1n) is 5.71. The second-order valence-electron chi connectivity index (χ2n) is 5.61. The van der Waals surface area contributed by atoms with Crippen LogP contribution in [0.25, 0.3) is 0 Å². The van der Waals surface area contributed by atoms with Gasteiger partial charge in [0.1, 0.15) is 0 Å². The van der Waals surface area contributed by atoms with Crippen molar-refractivity contribution in [1.29, 1.82) is 0 Å². The van der Waals surface area contributed by atoms with Gasteiger partial charge in [-0.25, -0.2) is 0 Å². The highest BCUT2D eigenvalue weighted by molar-refractivity contribution is 5.84. The number of amides is 1. The number of carboxylic acid groups (broad SMARTS) is 1. The number of hydrogen-bond donors (Lipinski definition) is 1. The molecule has 0 radical (unpaired) electrons. The molecule has 1 saturated carbocycles. The third-order valence-electron chi connectivity index (χ3n) is 3.38. The van der Waals surface area contributed by atoms with Gasteiger partial charge in [0.2, 0.25) is 5.91 Å². The van der Waals surface area contributed by atoms with Crippen molar-refractivity contribution in [2.75, 3.05) is 13.6 Å². The molecule has 2 unspecified atom stereocenters. The van der Waals surface area contributed by atoms with Crippen LogP contribution < -0.4 is 0 Å². The van der Waals surface area contributed by atoms with Crippen LogP contribution in [0.5, 0.6) is 0 Å². The molecule has 92 valence electrons. The number of carboxylic acids is 1. The lowest BCUT2D eigenvalue weighted by atomic mass is 9.89. The van der Waals surface area contributed by atoms with Crippen molar-refractivity contribution in [3.8, 4) is 0 Å². The Labute approximate surface area is 96.6 Å². The Balaban J connectivity index is 2.42. The van der Waals surface area contributed by atoms with Crippen LogP contribution in [-0.4, -0.2) is 35.5 Å². The fourth-order valence-corrected chi connectivity index (χ4v) is 1.70. The van der Waals surface area contributed by atoms with E-state index < -0.39 is 11.4 Å². The van der Waals surface area contributed by atoms with Gasteiger partial charge in [-0.15, -0.1) is 0 Å². The number of hydrogen-bond acceptors (Lipinski definition) is 2. The van der Waals surface area contributed by atoms with E-state index in [0.717, 1.165) is 6.54 Å². The summed E-state index contributed by atoms with van der Waals surface area (Å²) < 4.78 is 0. The maximum atomic E-state index is 11.8. The molecular formula is C12H21NO3. The number of carbonyl (C=O) groups excluding carboxylic acids is 1. The van der Waals surface area contributed by atoms with Gasteiger partial charge in [-0.05, 0) is 32.1 Å². The zero-order valence-electron chi connectivity index (χ0n) is 10.5. The Morgan fingerprint density at radius 1 is 1.44 bits per heavy atom. The molecule has 0 spiro atoms. The summed E-state index contributed by atoms with van der Waals surface area (Å²) >= 11 is 0. The van der Waals surface area contributed by atoms with E-state index in [2.05, 4.69) is 6.92 Å². The van der Waals surface area contributed by atoms with Crippen molar-refractivity contribution in [3.05, 3.63) is 0 Å². The van der Waals surface area contributed by atoms with Gasteiger partial charge >= 0.3 is 5.97 Å². The van der Waals surface area contributed by atoms with Crippen molar-refractivity contribution < 1.29 is 14.7 Å². The molecule has 0 aromatic heterocycles. The summed E-state index contributed by atoms with van der Waals surface area (Å²) in [4.78, 5) is 24.4. The van der Waals surface area contributed by atoms with E-state index >= 15 is 0 Å². The smallest absolute Gasteiger partial charge is 0.309 e. The van der Waals surface area contributed by atoms with Crippen molar-refractivity contribution in [1.82, 2.24) is 4.90 Å². The van der Waals surface area contributed by atoms with Crippen molar-refractivity contribution in [2.24, 2.45) is 17.3 Å². The zero-order chi connectivity index (χ0) is 12.5. The molecule has 1 N–H and O–H groups in total. The zero-order valence-corrected chi connectivity index (χ0v) is 10.5. The van der Waals surface area contributed by atoms with Crippen molar-refractivity contribution >= 4 is 11.9 Å². The van der Waals surface area contributed by atoms with Gasteiger partial charge in [-0.1, -0.05) is 6.92 Å². The molecule has 0 aromatic carbocycles. The number of aliphatic carboxylic acids is 1. The maximum Gasteiger partial charge on any atom is 0.309 e. The Hall–Kier alpha value is -1.06. The first kappa shape index (κ1) is 13.0. The SMILES string of the molecule is CC1CC1CN(C)C(=O)CC(C)(C)C(=O)O. The summed E-state index contributed by atoms with van der Waals surface area (Å²) in [5, 5.41) is 8.94. The van der Waals surface area contributed by atoms with Crippen LogP contribution in [0, 0.1) is 17.3 Å². The van der Waals surface area contributed by atoms with Crippen LogP contribution in [0.15, 0.2) is 0 Å². The Bertz CT molecular complexity index is 299. The third-order valence-corrected chi connectivity index (χ3v) is 3.38. The van der Waals surface area contributed by atoms with E-state index in [4.69, 9.17) is 5.11 Å². The monoisotopic (exact) mass is 227 g/mol. The Morgan fingerprint density at radius 3 is 2.31 bits per heavy atom. The van der Waals surface area contributed by atoms with Gasteiger partial charge in [0.15, 0.2) is 0 Å². The average Bonchev–Trinajstić information content (AvgIpc) is 2.80. The number of nitrogens with zero attached hydrogens (tertiary/aromatic N) is 1. The van der Waals surface area contributed by atoms with Gasteiger partial charge in [0.25, 0.3) is 0 Å². The largest absolute Gasteiger partial charge is 0.481 e. The minimum Gasteiger partial charge on any atom is -0.481 e. The Morgan fingerprint density at radius 2 is 1.94 bits per heavy atom. The molecule has 1 rings (SSSR count). The summed E-state index contributed by atoms with van der Waals surface area (Å²) in [6, 6.07) is 0. The van der Waals surface area contributed by atoms with E-state index in [9.17, 15) is 9.59 Å². The molecule has 4 heteroatoms. The van der Waals surface area contributed by atoms with Crippen molar-refractivity contribution in [3.63, 3.8) is 0 Å². The number of carbonyl (C=O) groups is 2. The standard InChI is InChI=1S/C12H21NO3/c1-8-5-9(8)7-13(4)10(14)6-12(2,3)11(15)16/h8-9H,5-7H2,1-4H3,(H,15,16). The lowest BCUT2D eigenvalue weighted by Gasteiger charge is -2.23. The van der Waals surface area contributed by atoms with Crippen LogP contribution in [0.2, 0.25) is 0 Å². The predicted octanol–water partition coefficient (Wildman–Crippen LogP) is 1.60. The van der Waals surface area contributed by atoms with Crippen LogP contribution >= 0.6 is 0 Å². The maximum absolute atomic E-state index is 11.8. The summed E-state index contributed by atoms with van der Waals surface area (Å²) in [7, 11) is 1.76.